The Kier molecular flexibility index (Phi) is 5.94. The van der Waals surface area contributed by atoms with Crippen molar-refractivity contribution in [1.29, 1.82) is 0 Å². The first-order valence-corrected chi connectivity index (χ1v) is 11.6. The lowest BCUT2D eigenvalue weighted by molar-refractivity contribution is -0.136. The highest BCUT2D eigenvalue weighted by Crippen LogP contribution is 2.29. The second-order valence-electron chi connectivity index (χ2n) is 8.50. The Labute approximate surface area is 200 Å². The van der Waals surface area contributed by atoms with Crippen LogP contribution in [-0.4, -0.2) is 69.9 Å². The summed E-state index contributed by atoms with van der Waals surface area (Å²) < 4.78 is 0. The molecule has 0 saturated carbocycles. The van der Waals surface area contributed by atoms with Crippen LogP contribution in [0.1, 0.15) is 34.3 Å². The summed E-state index contributed by atoms with van der Waals surface area (Å²) in [5.41, 5.74) is 3.46. The molecule has 5 rings (SSSR count). The van der Waals surface area contributed by atoms with Gasteiger partial charge in [-0.25, -0.2) is 0 Å². The number of hydrogen-bond acceptors (Lipinski definition) is 7. The van der Waals surface area contributed by atoms with E-state index in [-0.39, 0.29) is 18.2 Å². The van der Waals surface area contributed by atoms with Gasteiger partial charge in [-0.3, -0.25) is 24.6 Å². The van der Waals surface area contributed by atoms with E-state index in [0.29, 0.717) is 28.8 Å². The number of nitrogens with zero attached hydrogens (tertiary/aromatic N) is 5. The van der Waals surface area contributed by atoms with Crippen LogP contribution in [0.3, 0.4) is 0 Å². The minimum absolute atomic E-state index is 0.152. The molecule has 1 unspecified atom stereocenters. The number of benzene rings is 1. The molecule has 172 valence electrons. The number of hydrogen-bond donors (Lipinski definition) is 1. The number of carbonyl (C=O) groups excluding carboxylic acids is 3. The molecule has 3 amide bonds. The fourth-order valence-electron chi connectivity index (χ4n) is 4.70. The molecule has 0 spiro atoms. The fraction of sp³-hybridized carbons (Fsp3) is 0.409. The Morgan fingerprint density at radius 2 is 1.82 bits per heavy atom. The zero-order valence-electron chi connectivity index (χ0n) is 17.8. The molecule has 4 heterocycles. The van der Waals surface area contributed by atoms with Crippen LogP contribution in [0, 0.1) is 0 Å². The topological polar surface area (TPSA) is 98.7 Å². The van der Waals surface area contributed by atoms with E-state index in [1.165, 1.54) is 0 Å². The van der Waals surface area contributed by atoms with Gasteiger partial charge < -0.3 is 9.80 Å². The summed E-state index contributed by atoms with van der Waals surface area (Å²) in [7, 11) is 0. The van der Waals surface area contributed by atoms with Crippen molar-refractivity contribution in [2.45, 2.75) is 32.0 Å². The van der Waals surface area contributed by atoms with Gasteiger partial charge in [0.25, 0.3) is 5.91 Å². The van der Waals surface area contributed by atoms with Crippen LogP contribution < -0.4 is 10.2 Å². The van der Waals surface area contributed by atoms with E-state index in [1.807, 2.05) is 12.1 Å². The van der Waals surface area contributed by atoms with Gasteiger partial charge in [0, 0.05) is 57.3 Å². The predicted octanol–water partition coefficient (Wildman–Crippen LogP) is 1.87. The van der Waals surface area contributed by atoms with Crippen LogP contribution >= 0.6 is 23.2 Å². The normalized spacial score (nSPS) is 21.4. The van der Waals surface area contributed by atoms with Gasteiger partial charge in [-0.2, -0.15) is 0 Å². The number of carbonyl (C=O) groups is 3. The van der Waals surface area contributed by atoms with Crippen LogP contribution in [-0.2, 0) is 22.7 Å². The number of nitrogens with one attached hydrogen (secondary N) is 1. The van der Waals surface area contributed by atoms with Crippen molar-refractivity contribution in [1.82, 2.24) is 25.3 Å². The first-order chi connectivity index (χ1) is 15.9. The third-order valence-corrected chi connectivity index (χ3v) is 6.86. The Balaban J connectivity index is 1.22. The van der Waals surface area contributed by atoms with Gasteiger partial charge in [0.2, 0.25) is 11.8 Å². The van der Waals surface area contributed by atoms with Crippen molar-refractivity contribution < 1.29 is 14.4 Å². The summed E-state index contributed by atoms with van der Waals surface area (Å²) in [6, 6.07) is 7.01. The number of fused-ring (bicyclic) bond motifs is 1. The molecule has 11 heteroatoms. The molecule has 0 radical (unpaired) electrons. The van der Waals surface area contributed by atoms with Crippen molar-refractivity contribution in [2.24, 2.45) is 0 Å². The van der Waals surface area contributed by atoms with Gasteiger partial charge in [0.05, 0.1) is 5.69 Å². The summed E-state index contributed by atoms with van der Waals surface area (Å²) >= 11 is 12.2. The summed E-state index contributed by atoms with van der Waals surface area (Å²) in [6.07, 6.45) is 0.616. The Hall–Kier alpha value is -2.75. The minimum atomic E-state index is -0.595. The first kappa shape index (κ1) is 22.1. The second kappa shape index (κ2) is 8.89. The average Bonchev–Trinajstić information content (AvgIpc) is 3.11. The number of halogens is 2. The Morgan fingerprint density at radius 3 is 2.58 bits per heavy atom. The summed E-state index contributed by atoms with van der Waals surface area (Å²) in [6.45, 7) is 4.40. The molecule has 3 aliphatic heterocycles. The highest BCUT2D eigenvalue weighted by molar-refractivity contribution is 6.33. The van der Waals surface area contributed by atoms with Crippen LogP contribution in [0.2, 0.25) is 10.3 Å². The number of piperidine rings is 1. The number of aromatic nitrogens is 2. The molecule has 33 heavy (non-hydrogen) atoms. The smallest absolute Gasteiger partial charge is 0.255 e. The molecule has 1 aromatic carbocycles. The molecule has 1 N–H and O–H groups in total. The zero-order valence-corrected chi connectivity index (χ0v) is 19.3. The van der Waals surface area contributed by atoms with Crippen molar-refractivity contribution in [3.05, 3.63) is 51.3 Å². The number of imide groups is 1. The van der Waals surface area contributed by atoms with Crippen LogP contribution in [0.4, 0.5) is 5.69 Å². The molecule has 0 bridgehead atoms. The molecule has 3 aliphatic rings. The summed E-state index contributed by atoms with van der Waals surface area (Å²) in [5.74, 6) is -0.828. The zero-order chi connectivity index (χ0) is 23.1. The van der Waals surface area contributed by atoms with Gasteiger partial charge in [-0.15, -0.1) is 10.2 Å². The molecule has 1 atom stereocenters. The molecule has 1 aromatic heterocycles. The number of amides is 3. The highest BCUT2D eigenvalue weighted by Gasteiger charge is 2.39. The lowest BCUT2D eigenvalue weighted by Crippen LogP contribution is -2.52. The third kappa shape index (κ3) is 4.40. The van der Waals surface area contributed by atoms with E-state index in [1.54, 1.807) is 11.0 Å². The maximum absolute atomic E-state index is 12.9. The SMILES string of the molecule is O=C1CCC(N2Cc3cc(CN4CCN(c5cc(Cl)nnc5Cl)CC4)ccc3C2=O)C(=O)N1. The lowest BCUT2D eigenvalue weighted by Gasteiger charge is -2.36. The van der Waals surface area contributed by atoms with E-state index >= 15 is 0 Å². The van der Waals surface area contributed by atoms with E-state index in [2.05, 4.69) is 31.4 Å². The maximum Gasteiger partial charge on any atom is 0.255 e. The maximum atomic E-state index is 12.9. The van der Waals surface area contributed by atoms with Gasteiger partial charge >= 0.3 is 0 Å². The molecular formula is C22H22Cl2N6O3. The standard InChI is InChI=1S/C22H22Cl2N6O3/c23-18-10-17(20(24)27-26-18)29-7-5-28(6-8-29)11-13-1-2-15-14(9-13)12-30(22(15)33)16-3-4-19(31)25-21(16)32/h1-2,9-10,16H,3-8,11-12H2,(H,25,31,32). The van der Waals surface area contributed by atoms with Gasteiger partial charge in [0.15, 0.2) is 10.3 Å². The first-order valence-electron chi connectivity index (χ1n) is 10.8. The van der Waals surface area contributed by atoms with Crippen molar-refractivity contribution in [2.75, 3.05) is 31.1 Å². The van der Waals surface area contributed by atoms with Crippen LogP contribution in [0.15, 0.2) is 24.3 Å². The lowest BCUT2D eigenvalue weighted by atomic mass is 10.0. The average molecular weight is 489 g/mol. The predicted molar refractivity (Wildman–Crippen MR) is 122 cm³/mol. The molecular weight excluding hydrogens is 467 g/mol. The third-order valence-electron chi connectivity index (χ3n) is 6.41. The van der Waals surface area contributed by atoms with Gasteiger partial charge in [-0.05, 0) is 23.6 Å². The van der Waals surface area contributed by atoms with E-state index in [0.717, 1.165) is 49.5 Å². The Morgan fingerprint density at radius 1 is 1.03 bits per heavy atom. The molecule has 2 aromatic rings. The van der Waals surface area contributed by atoms with E-state index in [4.69, 9.17) is 23.2 Å². The number of piperazine rings is 1. The summed E-state index contributed by atoms with van der Waals surface area (Å²) in [4.78, 5) is 42.6. The fourth-order valence-corrected chi connectivity index (χ4v) is 5.05. The van der Waals surface area contributed by atoms with E-state index in [9.17, 15) is 14.4 Å². The molecule has 0 aliphatic carbocycles. The number of anilines is 1. The van der Waals surface area contributed by atoms with Gasteiger partial charge in [-0.1, -0.05) is 35.3 Å². The molecule has 2 fully saturated rings. The quantitative estimate of drug-likeness (QED) is 0.655. The summed E-state index contributed by atoms with van der Waals surface area (Å²) in [5, 5.41) is 10.6. The van der Waals surface area contributed by atoms with Crippen LogP contribution in [0.25, 0.3) is 0 Å². The van der Waals surface area contributed by atoms with Gasteiger partial charge in [0.1, 0.15) is 6.04 Å². The van der Waals surface area contributed by atoms with Crippen molar-refractivity contribution in [3.8, 4) is 0 Å². The highest BCUT2D eigenvalue weighted by atomic mass is 35.5. The minimum Gasteiger partial charge on any atom is -0.366 e. The largest absolute Gasteiger partial charge is 0.366 e. The Bertz CT molecular complexity index is 1140. The monoisotopic (exact) mass is 488 g/mol. The molecule has 9 nitrogen and oxygen atoms in total. The second-order valence-corrected chi connectivity index (χ2v) is 9.24. The van der Waals surface area contributed by atoms with E-state index < -0.39 is 11.9 Å². The number of rotatable bonds is 4. The van der Waals surface area contributed by atoms with Crippen LogP contribution in [0.5, 0.6) is 0 Å². The van der Waals surface area contributed by atoms with Crippen molar-refractivity contribution in [3.63, 3.8) is 0 Å². The van der Waals surface area contributed by atoms with Crippen molar-refractivity contribution >= 4 is 46.6 Å². The molecule has 2 saturated heterocycles.